The second kappa shape index (κ2) is 6.64. The zero-order valence-corrected chi connectivity index (χ0v) is 13.4. The number of ether oxygens (including phenoxy) is 1. The number of benzene rings is 1. The summed E-state index contributed by atoms with van der Waals surface area (Å²) in [6, 6.07) is 2.71. The van der Waals surface area contributed by atoms with Crippen molar-refractivity contribution < 1.29 is 22.7 Å². The summed E-state index contributed by atoms with van der Waals surface area (Å²) in [5, 5.41) is 3.00. The average Bonchev–Trinajstić information content (AvgIpc) is 2.45. The molecule has 0 saturated carbocycles. The van der Waals surface area contributed by atoms with Crippen LogP contribution in [0.15, 0.2) is 23.0 Å². The lowest BCUT2D eigenvalue weighted by molar-refractivity contribution is -0.137. The van der Waals surface area contributed by atoms with Gasteiger partial charge in [-0.2, -0.15) is 13.2 Å². The second-order valence-electron chi connectivity index (χ2n) is 5.54. The van der Waals surface area contributed by atoms with Crippen molar-refractivity contribution in [2.45, 2.75) is 26.1 Å². The van der Waals surface area contributed by atoms with E-state index in [4.69, 9.17) is 4.74 Å². The van der Waals surface area contributed by atoms with Crippen molar-refractivity contribution >= 4 is 16.8 Å². The van der Waals surface area contributed by atoms with Gasteiger partial charge in [-0.3, -0.25) is 9.59 Å². The molecule has 1 unspecified atom stereocenters. The number of carbonyl (C=O) groups excluding carboxylic acids is 1. The van der Waals surface area contributed by atoms with Crippen LogP contribution in [-0.4, -0.2) is 30.6 Å². The number of amides is 1. The maximum absolute atomic E-state index is 12.8. The van der Waals surface area contributed by atoms with Crippen molar-refractivity contribution in [2.75, 3.05) is 13.7 Å². The van der Waals surface area contributed by atoms with Crippen molar-refractivity contribution in [3.05, 3.63) is 45.2 Å². The molecule has 130 valence electrons. The monoisotopic (exact) mass is 342 g/mol. The third-order valence-electron chi connectivity index (χ3n) is 3.62. The van der Waals surface area contributed by atoms with E-state index in [0.29, 0.717) is 10.9 Å². The van der Waals surface area contributed by atoms with Crippen LogP contribution in [-0.2, 0) is 10.9 Å². The second-order valence-corrected chi connectivity index (χ2v) is 5.54. The number of H-pyrrole nitrogens is 1. The Kier molecular flexibility index (Phi) is 4.98. The molecule has 8 heteroatoms. The number of aromatic nitrogens is 1. The van der Waals surface area contributed by atoms with Crippen LogP contribution in [0.2, 0.25) is 0 Å². The molecule has 24 heavy (non-hydrogen) atoms. The summed E-state index contributed by atoms with van der Waals surface area (Å²) in [6.45, 7) is 3.51. The van der Waals surface area contributed by atoms with Gasteiger partial charge in [-0.25, -0.2) is 0 Å². The number of halogens is 3. The number of hydrogen-bond acceptors (Lipinski definition) is 3. The van der Waals surface area contributed by atoms with E-state index in [9.17, 15) is 22.8 Å². The Labute approximate surface area is 135 Å². The Hall–Kier alpha value is -2.35. The van der Waals surface area contributed by atoms with Crippen LogP contribution in [0.5, 0.6) is 0 Å². The number of aryl methyl sites for hydroxylation is 1. The standard InChI is InChI=1S/C16H17F3N2O3/c1-8(7-24-3)20-14(22)13-9(2)11-5-4-10(16(17,18)19)6-12(11)21-15(13)23/h4-6,8H,7H2,1-3H3,(H,20,22)(H,21,23). The molecule has 1 heterocycles. The minimum Gasteiger partial charge on any atom is -0.383 e. The van der Waals surface area contributed by atoms with E-state index in [2.05, 4.69) is 10.3 Å². The van der Waals surface area contributed by atoms with Gasteiger partial charge in [0, 0.05) is 24.1 Å². The van der Waals surface area contributed by atoms with Gasteiger partial charge < -0.3 is 15.0 Å². The molecule has 0 aliphatic heterocycles. The molecule has 1 amide bonds. The van der Waals surface area contributed by atoms with E-state index >= 15 is 0 Å². The maximum Gasteiger partial charge on any atom is 0.416 e. The number of nitrogens with one attached hydrogen (secondary N) is 2. The van der Waals surface area contributed by atoms with Crippen LogP contribution in [0, 0.1) is 6.92 Å². The van der Waals surface area contributed by atoms with Crippen LogP contribution >= 0.6 is 0 Å². The summed E-state index contributed by atoms with van der Waals surface area (Å²) >= 11 is 0. The Morgan fingerprint density at radius 1 is 1.38 bits per heavy atom. The molecule has 0 fully saturated rings. The fraction of sp³-hybridized carbons (Fsp3) is 0.375. The van der Waals surface area contributed by atoms with Gasteiger partial charge in [0.1, 0.15) is 5.56 Å². The summed E-state index contributed by atoms with van der Waals surface area (Å²) in [6.07, 6.45) is -4.51. The highest BCUT2D eigenvalue weighted by Crippen LogP contribution is 2.31. The van der Waals surface area contributed by atoms with Gasteiger partial charge in [0.15, 0.2) is 0 Å². The molecular formula is C16H17F3N2O3. The predicted molar refractivity (Wildman–Crippen MR) is 83.1 cm³/mol. The molecule has 1 aromatic heterocycles. The minimum atomic E-state index is -4.51. The summed E-state index contributed by atoms with van der Waals surface area (Å²) in [4.78, 5) is 26.8. The molecule has 0 aliphatic rings. The molecule has 2 aromatic rings. The van der Waals surface area contributed by atoms with E-state index < -0.39 is 23.2 Å². The number of methoxy groups -OCH3 is 1. The van der Waals surface area contributed by atoms with Crippen molar-refractivity contribution in [1.82, 2.24) is 10.3 Å². The lowest BCUT2D eigenvalue weighted by Gasteiger charge is -2.15. The van der Waals surface area contributed by atoms with Crippen LogP contribution in [0.25, 0.3) is 10.9 Å². The van der Waals surface area contributed by atoms with Crippen molar-refractivity contribution in [1.29, 1.82) is 0 Å². The van der Waals surface area contributed by atoms with Gasteiger partial charge in [-0.05, 0) is 31.5 Å². The SMILES string of the molecule is COCC(C)NC(=O)c1c(C)c2ccc(C(F)(F)F)cc2[nH]c1=O. The number of carbonyl (C=O) groups is 1. The first-order valence-corrected chi connectivity index (χ1v) is 7.18. The van der Waals surface area contributed by atoms with E-state index in [-0.39, 0.29) is 23.7 Å². The normalized spacial score (nSPS) is 13.1. The molecule has 0 saturated heterocycles. The number of fused-ring (bicyclic) bond motifs is 1. The van der Waals surface area contributed by atoms with Crippen molar-refractivity contribution in [3.63, 3.8) is 0 Å². The first-order valence-electron chi connectivity index (χ1n) is 7.18. The summed E-state index contributed by atoms with van der Waals surface area (Å²) in [5.74, 6) is -0.597. The molecule has 1 atom stereocenters. The predicted octanol–water partition coefficient (Wildman–Crippen LogP) is 2.62. The van der Waals surface area contributed by atoms with Gasteiger partial charge in [0.05, 0.1) is 12.2 Å². The minimum absolute atomic E-state index is 0.0359. The van der Waals surface area contributed by atoms with Crippen molar-refractivity contribution in [2.24, 2.45) is 0 Å². The largest absolute Gasteiger partial charge is 0.416 e. The first-order chi connectivity index (χ1) is 11.1. The lowest BCUT2D eigenvalue weighted by Crippen LogP contribution is -2.38. The molecule has 2 rings (SSSR count). The number of rotatable bonds is 4. The molecular weight excluding hydrogens is 325 g/mol. The van der Waals surface area contributed by atoms with Crippen LogP contribution in [0.4, 0.5) is 13.2 Å². The first kappa shape index (κ1) is 18.0. The number of aromatic amines is 1. The van der Waals surface area contributed by atoms with E-state index in [1.807, 2.05) is 0 Å². The fourth-order valence-electron chi connectivity index (χ4n) is 2.50. The highest BCUT2D eigenvalue weighted by Gasteiger charge is 2.31. The van der Waals surface area contributed by atoms with Gasteiger partial charge in [0.2, 0.25) is 0 Å². The smallest absolute Gasteiger partial charge is 0.383 e. The highest BCUT2D eigenvalue weighted by atomic mass is 19.4. The van der Waals surface area contributed by atoms with E-state index in [1.54, 1.807) is 6.92 Å². The molecule has 1 aromatic carbocycles. The topological polar surface area (TPSA) is 71.2 Å². The van der Waals surface area contributed by atoms with Gasteiger partial charge in [-0.15, -0.1) is 0 Å². The quantitative estimate of drug-likeness (QED) is 0.897. The van der Waals surface area contributed by atoms with E-state index in [1.165, 1.54) is 20.1 Å². The fourth-order valence-corrected chi connectivity index (χ4v) is 2.50. The molecule has 0 aliphatic carbocycles. The van der Waals surface area contributed by atoms with Gasteiger partial charge in [0.25, 0.3) is 11.5 Å². The maximum atomic E-state index is 12.8. The zero-order valence-electron chi connectivity index (χ0n) is 13.4. The van der Waals surface area contributed by atoms with E-state index in [0.717, 1.165) is 12.1 Å². The molecule has 2 N–H and O–H groups in total. The van der Waals surface area contributed by atoms with Crippen LogP contribution in [0.3, 0.4) is 0 Å². The third-order valence-corrected chi connectivity index (χ3v) is 3.62. The van der Waals surface area contributed by atoms with Crippen LogP contribution < -0.4 is 10.9 Å². The summed E-state index contributed by atoms with van der Waals surface area (Å²) < 4.78 is 43.2. The van der Waals surface area contributed by atoms with Crippen LogP contribution in [0.1, 0.15) is 28.4 Å². The Balaban J connectivity index is 2.50. The Morgan fingerprint density at radius 2 is 2.04 bits per heavy atom. The summed E-state index contributed by atoms with van der Waals surface area (Å²) in [7, 11) is 1.48. The number of pyridine rings is 1. The molecule has 0 spiro atoms. The zero-order chi connectivity index (χ0) is 18.1. The lowest BCUT2D eigenvalue weighted by atomic mass is 10.0. The molecule has 0 radical (unpaired) electrons. The number of alkyl halides is 3. The van der Waals surface area contributed by atoms with Gasteiger partial charge >= 0.3 is 6.18 Å². The Morgan fingerprint density at radius 3 is 2.62 bits per heavy atom. The Bertz CT molecular complexity index is 828. The molecule has 5 nitrogen and oxygen atoms in total. The molecule has 0 bridgehead atoms. The third kappa shape index (κ3) is 3.59. The van der Waals surface area contributed by atoms with Gasteiger partial charge in [-0.1, -0.05) is 6.07 Å². The average molecular weight is 342 g/mol. The summed E-state index contributed by atoms with van der Waals surface area (Å²) in [5.41, 5.74) is -1.36. The van der Waals surface area contributed by atoms with Crippen molar-refractivity contribution in [3.8, 4) is 0 Å². The highest BCUT2D eigenvalue weighted by molar-refractivity contribution is 6.00. The number of hydrogen-bond donors (Lipinski definition) is 2.